The largest absolute Gasteiger partial charge is 0.375 e. The predicted octanol–water partition coefficient (Wildman–Crippen LogP) is 4.35. The molecule has 0 radical (unpaired) electrons. The Labute approximate surface area is 146 Å². The highest BCUT2D eigenvalue weighted by atomic mass is 35.5. The van der Waals surface area contributed by atoms with Crippen LogP contribution in [0, 0.1) is 13.8 Å². The summed E-state index contributed by atoms with van der Waals surface area (Å²) in [5.41, 5.74) is 11.5. The molecule has 2 aromatic carbocycles. The number of hydrogen-bond acceptors (Lipinski definition) is 2. The standard InChI is InChI=1S/C18H18ClN3S/c1-11-7-8-13(9-12(11)2)16-10-17(22(21-16)18(20)23)14-5-3-4-6-15(14)19/h3-9,17H,10H2,1-2H3,(H2,20,23). The quantitative estimate of drug-likeness (QED) is 0.824. The summed E-state index contributed by atoms with van der Waals surface area (Å²) in [4.78, 5) is 0. The lowest BCUT2D eigenvalue weighted by atomic mass is 9.96. The van der Waals surface area contributed by atoms with Gasteiger partial charge >= 0.3 is 0 Å². The van der Waals surface area contributed by atoms with Crippen LogP contribution in [0.4, 0.5) is 0 Å². The van der Waals surface area contributed by atoms with Crippen molar-refractivity contribution >= 4 is 34.6 Å². The van der Waals surface area contributed by atoms with E-state index in [4.69, 9.17) is 29.6 Å². The monoisotopic (exact) mass is 343 g/mol. The lowest BCUT2D eigenvalue weighted by Gasteiger charge is -2.22. The Morgan fingerprint density at radius 3 is 2.61 bits per heavy atom. The third-order valence-electron chi connectivity index (χ3n) is 4.24. The highest BCUT2D eigenvalue weighted by Gasteiger charge is 2.31. The molecule has 5 heteroatoms. The van der Waals surface area contributed by atoms with Crippen molar-refractivity contribution in [3.8, 4) is 0 Å². The van der Waals surface area contributed by atoms with E-state index in [0.717, 1.165) is 23.3 Å². The van der Waals surface area contributed by atoms with Crippen molar-refractivity contribution in [3.05, 3.63) is 69.7 Å². The van der Waals surface area contributed by atoms with Crippen LogP contribution in [0.5, 0.6) is 0 Å². The van der Waals surface area contributed by atoms with Gasteiger partial charge in [0, 0.05) is 11.4 Å². The molecule has 1 heterocycles. The number of thiocarbonyl (C=S) groups is 1. The summed E-state index contributed by atoms with van der Waals surface area (Å²) in [5, 5.41) is 7.31. The van der Waals surface area contributed by atoms with Gasteiger partial charge in [0.15, 0.2) is 5.11 Å². The van der Waals surface area contributed by atoms with Gasteiger partial charge in [-0.3, -0.25) is 0 Å². The van der Waals surface area contributed by atoms with E-state index >= 15 is 0 Å². The molecule has 0 spiro atoms. The molecule has 0 aromatic heterocycles. The van der Waals surface area contributed by atoms with Crippen molar-refractivity contribution in [2.45, 2.75) is 26.3 Å². The van der Waals surface area contributed by atoms with E-state index in [-0.39, 0.29) is 11.2 Å². The zero-order chi connectivity index (χ0) is 16.6. The fourth-order valence-corrected chi connectivity index (χ4v) is 3.23. The molecule has 0 aliphatic carbocycles. The van der Waals surface area contributed by atoms with Crippen LogP contribution in [0.15, 0.2) is 47.6 Å². The summed E-state index contributed by atoms with van der Waals surface area (Å²) in [7, 11) is 0. The van der Waals surface area contributed by atoms with Crippen LogP contribution in [0.3, 0.4) is 0 Å². The third-order valence-corrected chi connectivity index (χ3v) is 4.77. The average molecular weight is 344 g/mol. The summed E-state index contributed by atoms with van der Waals surface area (Å²) in [6.45, 7) is 4.20. The van der Waals surface area contributed by atoms with Crippen molar-refractivity contribution in [2.75, 3.05) is 0 Å². The molecular formula is C18H18ClN3S. The molecular weight excluding hydrogens is 326 g/mol. The first-order valence-corrected chi connectivity index (χ1v) is 8.24. The molecule has 0 fully saturated rings. The smallest absolute Gasteiger partial charge is 0.187 e. The first kappa shape index (κ1) is 16.0. The van der Waals surface area contributed by atoms with Gasteiger partial charge in [-0.1, -0.05) is 41.9 Å². The summed E-state index contributed by atoms with van der Waals surface area (Å²) in [5.74, 6) is 0. The van der Waals surface area contributed by atoms with E-state index in [1.54, 1.807) is 5.01 Å². The number of nitrogens with zero attached hydrogens (tertiary/aromatic N) is 2. The fraction of sp³-hybridized carbons (Fsp3) is 0.222. The average Bonchev–Trinajstić information content (AvgIpc) is 2.96. The van der Waals surface area contributed by atoms with Gasteiger partial charge in [0.1, 0.15) is 0 Å². The molecule has 1 aliphatic rings. The van der Waals surface area contributed by atoms with E-state index < -0.39 is 0 Å². The molecule has 1 atom stereocenters. The maximum Gasteiger partial charge on any atom is 0.187 e. The summed E-state index contributed by atoms with van der Waals surface area (Å²) < 4.78 is 0. The number of benzene rings is 2. The highest BCUT2D eigenvalue weighted by molar-refractivity contribution is 7.80. The first-order chi connectivity index (χ1) is 11.0. The molecule has 0 bridgehead atoms. The maximum absolute atomic E-state index is 6.35. The van der Waals surface area contributed by atoms with Crippen molar-refractivity contribution < 1.29 is 0 Å². The molecule has 3 nitrogen and oxygen atoms in total. The number of halogens is 1. The van der Waals surface area contributed by atoms with Gasteiger partial charge in [0.05, 0.1) is 11.8 Å². The number of hydrogen-bond donors (Lipinski definition) is 1. The Morgan fingerprint density at radius 1 is 1.22 bits per heavy atom. The lowest BCUT2D eigenvalue weighted by Crippen LogP contribution is -2.31. The zero-order valence-electron chi connectivity index (χ0n) is 13.1. The summed E-state index contributed by atoms with van der Waals surface area (Å²) >= 11 is 11.5. The number of aryl methyl sites for hydroxylation is 2. The molecule has 0 saturated heterocycles. The molecule has 2 N–H and O–H groups in total. The van der Waals surface area contributed by atoms with Gasteiger partial charge in [0.25, 0.3) is 0 Å². The van der Waals surface area contributed by atoms with Crippen LogP contribution >= 0.6 is 23.8 Å². The Morgan fingerprint density at radius 2 is 1.96 bits per heavy atom. The lowest BCUT2D eigenvalue weighted by molar-refractivity contribution is 0.373. The Balaban J connectivity index is 1.99. The Hall–Kier alpha value is -1.91. The second-order valence-corrected chi connectivity index (χ2v) is 6.60. The second-order valence-electron chi connectivity index (χ2n) is 5.77. The summed E-state index contributed by atoms with van der Waals surface area (Å²) in [6, 6.07) is 14.1. The molecule has 0 amide bonds. The van der Waals surface area contributed by atoms with Crippen LogP contribution < -0.4 is 5.73 Å². The highest BCUT2D eigenvalue weighted by Crippen LogP contribution is 2.36. The van der Waals surface area contributed by atoms with E-state index in [0.29, 0.717) is 5.02 Å². The van der Waals surface area contributed by atoms with Crippen LogP contribution in [0.2, 0.25) is 5.02 Å². The fourth-order valence-electron chi connectivity index (χ4n) is 2.80. The van der Waals surface area contributed by atoms with Crippen molar-refractivity contribution in [1.82, 2.24) is 5.01 Å². The van der Waals surface area contributed by atoms with E-state index in [2.05, 4.69) is 37.1 Å². The predicted molar refractivity (Wildman–Crippen MR) is 99.9 cm³/mol. The molecule has 2 aromatic rings. The maximum atomic E-state index is 6.35. The van der Waals surface area contributed by atoms with Gasteiger partial charge in [-0.05, 0) is 60.5 Å². The van der Waals surface area contributed by atoms with Gasteiger partial charge in [-0.15, -0.1) is 0 Å². The Kier molecular flexibility index (Phi) is 4.37. The van der Waals surface area contributed by atoms with E-state index in [1.807, 2.05) is 24.3 Å². The molecule has 118 valence electrons. The molecule has 1 aliphatic heterocycles. The number of rotatable bonds is 2. The van der Waals surface area contributed by atoms with Crippen LogP contribution in [0.1, 0.15) is 34.7 Å². The first-order valence-electron chi connectivity index (χ1n) is 7.45. The molecule has 1 unspecified atom stereocenters. The third kappa shape index (κ3) is 3.09. The minimum atomic E-state index is -0.0576. The van der Waals surface area contributed by atoms with Crippen molar-refractivity contribution in [1.29, 1.82) is 0 Å². The van der Waals surface area contributed by atoms with Gasteiger partial charge in [-0.25, -0.2) is 5.01 Å². The van der Waals surface area contributed by atoms with Gasteiger partial charge in [-0.2, -0.15) is 5.10 Å². The Bertz CT molecular complexity index is 801. The molecule has 0 saturated carbocycles. The SMILES string of the molecule is Cc1ccc(C2=NN(C(N)=S)C(c3ccccc3Cl)C2)cc1C. The van der Waals surface area contributed by atoms with Gasteiger partial charge < -0.3 is 5.73 Å². The zero-order valence-corrected chi connectivity index (χ0v) is 14.7. The van der Waals surface area contributed by atoms with Crippen LogP contribution in [0.25, 0.3) is 0 Å². The van der Waals surface area contributed by atoms with E-state index in [9.17, 15) is 0 Å². The molecule has 23 heavy (non-hydrogen) atoms. The van der Waals surface area contributed by atoms with Gasteiger partial charge in [0.2, 0.25) is 0 Å². The van der Waals surface area contributed by atoms with Crippen LogP contribution in [-0.2, 0) is 0 Å². The minimum Gasteiger partial charge on any atom is -0.375 e. The number of hydrazone groups is 1. The van der Waals surface area contributed by atoms with Crippen molar-refractivity contribution in [2.24, 2.45) is 10.8 Å². The molecule has 3 rings (SSSR count). The normalized spacial score (nSPS) is 17.3. The minimum absolute atomic E-state index is 0.0576. The van der Waals surface area contributed by atoms with Crippen molar-refractivity contribution in [3.63, 3.8) is 0 Å². The summed E-state index contributed by atoms with van der Waals surface area (Å²) in [6.07, 6.45) is 0.726. The topological polar surface area (TPSA) is 41.6 Å². The number of nitrogens with two attached hydrogens (primary N) is 1. The van der Waals surface area contributed by atoms with E-state index in [1.165, 1.54) is 11.1 Å². The van der Waals surface area contributed by atoms with Crippen LogP contribution in [-0.4, -0.2) is 15.8 Å². The second kappa shape index (κ2) is 6.30.